The molecule has 0 atom stereocenters. The molecule has 0 fully saturated rings. The first-order valence-corrected chi connectivity index (χ1v) is 7.64. The van der Waals surface area contributed by atoms with E-state index in [1.54, 1.807) is 11.8 Å². The molecule has 0 bridgehead atoms. The standard InChI is InChI=1S/C16H18N2OS/c1-10-9-11(2)17-12(3)15(10)18-16(19)13-5-7-14(20-4)8-6-13/h5-9H,1-4H3,(H,18,19). The van der Waals surface area contributed by atoms with Crippen molar-refractivity contribution in [3.63, 3.8) is 0 Å². The Morgan fingerprint density at radius 3 is 2.35 bits per heavy atom. The number of amides is 1. The molecule has 1 aromatic carbocycles. The predicted octanol–water partition coefficient (Wildman–Crippen LogP) is 3.98. The molecule has 1 heterocycles. The molecule has 3 nitrogen and oxygen atoms in total. The normalized spacial score (nSPS) is 10.4. The van der Waals surface area contributed by atoms with Crippen molar-refractivity contribution in [3.05, 3.63) is 52.8 Å². The molecule has 0 unspecified atom stereocenters. The largest absolute Gasteiger partial charge is 0.320 e. The first-order chi connectivity index (χ1) is 9.51. The molecule has 1 amide bonds. The van der Waals surface area contributed by atoms with Gasteiger partial charge in [0.15, 0.2) is 0 Å². The maximum atomic E-state index is 12.3. The van der Waals surface area contributed by atoms with E-state index in [0.717, 1.165) is 27.5 Å². The van der Waals surface area contributed by atoms with Gasteiger partial charge >= 0.3 is 0 Å². The van der Waals surface area contributed by atoms with Crippen LogP contribution in [0, 0.1) is 20.8 Å². The highest BCUT2D eigenvalue weighted by Gasteiger charge is 2.11. The Kier molecular flexibility index (Phi) is 4.45. The van der Waals surface area contributed by atoms with Gasteiger partial charge in [0.05, 0.1) is 11.4 Å². The number of aromatic nitrogens is 1. The molecular formula is C16H18N2OS. The molecular weight excluding hydrogens is 268 g/mol. The summed E-state index contributed by atoms with van der Waals surface area (Å²) in [6.45, 7) is 5.84. The van der Waals surface area contributed by atoms with Crippen LogP contribution in [0.5, 0.6) is 0 Å². The van der Waals surface area contributed by atoms with E-state index in [-0.39, 0.29) is 5.91 Å². The lowest BCUT2D eigenvalue weighted by Gasteiger charge is -2.12. The molecule has 0 radical (unpaired) electrons. The highest BCUT2D eigenvalue weighted by molar-refractivity contribution is 7.98. The summed E-state index contributed by atoms with van der Waals surface area (Å²) in [5, 5.41) is 2.95. The van der Waals surface area contributed by atoms with Crippen molar-refractivity contribution in [1.82, 2.24) is 4.98 Å². The number of hydrogen-bond acceptors (Lipinski definition) is 3. The summed E-state index contributed by atoms with van der Waals surface area (Å²) in [6, 6.07) is 9.56. The summed E-state index contributed by atoms with van der Waals surface area (Å²) in [4.78, 5) is 17.8. The van der Waals surface area contributed by atoms with Crippen LogP contribution >= 0.6 is 11.8 Å². The molecule has 4 heteroatoms. The maximum absolute atomic E-state index is 12.3. The summed E-state index contributed by atoms with van der Waals surface area (Å²) >= 11 is 1.66. The number of nitrogens with zero attached hydrogens (tertiary/aromatic N) is 1. The molecule has 2 aromatic rings. The van der Waals surface area contributed by atoms with E-state index in [0.29, 0.717) is 5.56 Å². The zero-order valence-corrected chi connectivity index (χ0v) is 13.0. The van der Waals surface area contributed by atoms with Crippen LogP contribution in [0.25, 0.3) is 0 Å². The van der Waals surface area contributed by atoms with Gasteiger partial charge in [-0.15, -0.1) is 11.8 Å². The number of anilines is 1. The number of nitrogens with one attached hydrogen (secondary N) is 1. The van der Waals surface area contributed by atoms with Crippen molar-refractivity contribution < 1.29 is 4.79 Å². The van der Waals surface area contributed by atoms with Crippen LogP contribution in [0.4, 0.5) is 5.69 Å². The molecule has 0 spiro atoms. The Morgan fingerprint density at radius 1 is 1.15 bits per heavy atom. The fourth-order valence-corrected chi connectivity index (χ4v) is 2.55. The molecule has 20 heavy (non-hydrogen) atoms. The smallest absolute Gasteiger partial charge is 0.255 e. The van der Waals surface area contributed by atoms with E-state index < -0.39 is 0 Å². The Balaban J connectivity index is 2.23. The lowest BCUT2D eigenvalue weighted by molar-refractivity contribution is 0.102. The van der Waals surface area contributed by atoms with E-state index in [1.807, 2.05) is 57.4 Å². The molecule has 0 aliphatic rings. The second-order valence-corrected chi connectivity index (χ2v) is 5.60. The van der Waals surface area contributed by atoms with E-state index >= 15 is 0 Å². The Morgan fingerprint density at radius 2 is 1.80 bits per heavy atom. The molecule has 0 aliphatic carbocycles. The van der Waals surface area contributed by atoms with Gasteiger partial charge in [-0.2, -0.15) is 0 Å². The third-order valence-corrected chi connectivity index (χ3v) is 3.86. The summed E-state index contributed by atoms with van der Waals surface area (Å²) in [6.07, 6.45) is 2.01. The maximum Gasteiger partial charge on any atom is 0.255 e. The summed E-state index contributed by atoms with van der Waals surface area (Å²) in [5.41, 5.74) is 4.29. The minimum Gasteiger partial charge on any atom is -0.320 e. The Labute approximate surface area is 123 Å². The lowest BCUT2D eigenvalue weighted by Crippen LogP contribution is -2.14. The van der Waals surface area contributed by atoms with Crippen LogP contribution in [0.15, 0.2) is 35.2 Å². The molecule has 104 valence electrons. The minimum atomic E-state index is -0.102. The zero-order valence-electron chi connectivity index (χ0n) is 12.2. The minimum absolute atomic E-state index is 0.102. The van der Waals surface area contributed by atoms with Gasteiger partial charge in [0.25, 0.3) is 5.91 Å². The van der Waals surface area contributed by atoms with Crippen LogP contribution in [-0.4, -0.2) is 17.1 Å². The van der Waals surface area contributed by atoms with Crippen molar-refractivity contribution in [2.24, 2.45) is 0 Å². The lowest BCUT2D eigenvalue weighted by atomic mass is 10.1. The average Bonchev–Trinajstić information content (AvgIpc) is 2.42. The summed E-state index contributed by atoms with van der Waals surface area (Å²) in [5.74, 6) is -0.102. The molecule has 0 saturated carbocycles. The fourth-order valence-electron chi connectivity index (χ4n) is 2.14. The van der Waals surface area contributed by atoms with E-state index in [4.69, 9.17) is 0 Å². The van der Waals surface area contributed by atoms with Gasteiger partial charge in [-0.25, -0.2) is 0 Å². The number of aryl methyl sites for hydroxylation is 3. The predicted molar refractivity (Wildman–Crippen MR) is 84.6 cm³/mol. The number of benzene rings is 1. The monoisotopic (exact) mass is 286 g/mol. The van der Waals surface area contributed by atoms with Crippen LogP contribution in [0.2, 0.25) is 0 Å². The molecule has 0 aliphatic heterocycles. The van der Waals surface area contributed by atoms with Gasteiger partial charge in [-0.3, -0.25) is 9.78 Å². The van der Waals surface area contributed by atoms with E-state index in [1.165, 1.54) is 0 Å². The average molecular weight is 286 g/mol. The van der Waals surface area contributed by atoms with Crippen molar-refractivity contribution in [2.45, 2.75) is 25.7 Å². The van der Waals surface area contributed by atoms with Crippen molar-refractivity contribution in [3.8, 4) is 0 Å². The number of pyridine rings is 1. The summed E-state index contributed by atoms with van der Waals surface area (Å²) < 4.78 is 0. The highest BCUT2D eigenvalue weighted by Crippen LogP contribution is 2.21. The molecule has 0 saturated heterocycles. The first-order valence-electron chi connectivity index (χ1n) is 6.41. The molecule has 2 rings (SSSR count). The second kappa shape index (κ2) is 6.09. The van der Waals surface area contributed by atoms with Crippen molar-refractivity contribution >= 4 is 23.4 Å². The quantitative estimate of drug-likeness (QED) is 0.868. The summed E-state index contributed by atoms with van der Waals surface area (Å²) in [7, 11) is 0. The van der Waals surface area contributed by atoms with E-state index in [2.05, 4.69) is 10.3 Å². The molecule has 1 N–H and O–H groups in total. The number of rotatable bonds is 3. The first kappa shape index (κ1) is 14.6. The zero-order chi connectivity index (χ0) is 14.7. The number of thioether (sulfide) groups is 1. The van der Waals surface area contributed by atoms with Gasteiger partial charge in [-0.1, -0.05) is 0 Å². The Bertz CT molecular complexity index is 612. The number of carbonyl (C=O) groups is 1. The Hall–Kier alpha value is -1.81. The third kappa shape index (κ3) is 3.20. The van der Waals surface area contributed by atoms with Crippen molar-refractivity contribution in [2.75, 3.05) is 11.6 Å². The second-order valence-electron chi connectivity index (χ2n) is 4.72. The SMILES string of the molecule is CSc1ccc(C(=O)Nc2c(C)cc(C)nc2C)cc1. The van der Waals surface area contributed by atoms with Gasteiger partial charge in [0.1, 0.15) is 0 Å². The van der Waals surface area contributed by atoms with Gasteiger partial charge < -0.3 is 5.32 Å². The van der Waals surface area contributed by atoms with Crippen LogP contribution in [0.1, 0.15) is 27.3 Å². The van der Waals surface area contributed by atoms with Crippen LogP contribution in [-0.2, 0) is 0 Å². The number of carbonyl (C=O) groups excluding carboxylic acids is 1. The number of hydrogen-bond donors (Lipinski definition) is 1. The van der Waals surface area contributed by atoms with E-state index in [9.17, 15) is 4.79 Å². The molecule has 1 aromatic heterocycles. The topological polar surface area (TPSA) is 42.0 Å². The van der Waals surface area contributed by atoms with Crippen LogP contribution in [0.3, 0.4) is 0 Å². The van der Waals surface area contributed by atoms with Gasteiger partial charge in [-0.05, 0) is 62.9 Å². The van der Waals surface area contributed by atoms with Crippen LogP contribution < -0.4 is 5.32 Å². The van der Waals surface area contributed by atoms with Gasteiger partial charge in [0, 0.05) is 16.2 Å². The fraction of sp³-hybridized carbons (Fsp3) is 0.250. The van der Waals surface area contributed by atoms with Crippen molar-refractivity contribution in [1.29, 1.82) is 0 Å². The van der Waals surface area contributed by atoms with Gasteiger partial charge in [0.2, 0.25) is 0 Å². The highest BCUT2D eigenvalue weighted by atomic mass is 32.2. The third-order valence-electron chi connectivity index (χ3n) is 3.12.